The van der Waals surface area contributed by atoms with Crippen LogP contribution in [0.4, 0.5) is 4.39 Å². The molecule has 0 fully saturated rings. The fraction of sp³-hybridized carbons (Fsp3) is 0.250. The number of hydrogen-bond acceptors (Lipinski definition) is 5. The van der Waals surface area contributed by atoms with Gasteiger partial charge in [-0.25, -0.2) is 4.39 Å². The summed E-state index contributed by atoms with van der Waals surface area (Å²) >= 11 is 0. The third-order valence-electron chi connectivity index (χ3n) is 2.56. The van der Waals surface area contributed by atoms with Crippen molar-refractivity contribution in [3.63, 3.8) is 0 Å². The fourth-order valence-corrected chi connectivity index (χ4v) is 1.63. The number of nitrogens with zero attached hydrogens (tertiary/aromatic N) is 3. The average Bonchev–Trinajstić information content (AvgIpc) is 2.87. The molecule has 1 aromatic heterocycles. The van der Waals surface area contributed by atoms with Gasteiger partial charge in [0.25, 0.3) is 0 Å². The number of rotatable bonds is 5. The minimum absolute atomic E-state index is 0.0141. The van der Waals surface area contributed by atoms with Crippen molar-refractivity contribution in [3.8, 4) is 5.75 Å². The molecule has 7 heteroatoms. The van der Waals surface area contributed by atoms with Crippen LogP contribution < -0.4 is 10.5 Å². The minimum Gasteiger partial charge on any atom is -0.494 e. The second-order valence-electron chi connectivity index (χ2n) is 3.81. The highest BCUT2D eigenvalue weighted by atomic mass is 19.1. The molecule has 19 heavy (non-hydrogen) atoms. The molecule has 0 atom stereocenters. The summed E-state index contributed by atoms with van der Waals surface area (Å²) in [6.45, 7) is 0.825. The highest BCUT2D eigenvalue weighted by molar-refractivity contribution is 6.07. The van der Waals surface area contributed by atoms with Crippen LogP contribution >= 0.6 is 0 Å². The smallest absolute Gasteiger partial charge is 0.217 e. The van der Waals surface area contributed by atoms with Crippen LogP contribution in [0.2, 0.25) is 0 Å². The van der Waals surface area contributed by atoms with Gasteiger partial charge in [-0.15, -0.1) is 5.10 Å². The van der Waals surface area contributed by atoms with Gasteiger partial charge in [-0.2, -0.15) is 0 Å². The summed E-state index contributed by atoms with van der Waals surface area (Å²) in [5.74, 6) is -1.23. The first-order chi connectivity index (χ1) is 9.17. The number of halogens is 1. The Kier molecular flexibility index (Phi) is 3.86. The van der Waals surface area contributed by atoms with E-state index in [4.69, 9.17) is 10.5 Å². The molecule has 0 bridgehead atoms. The Bertz CT molecular complexity index is 597. The minimum atomic E-state index is -0.705. The van der Waals surface area contributed by atoms with Crippen LogP contribution in [0.5, 0.6) is 5.75 Å². The highest BCUT2D eigenvalue weighted by Gasteiger charge is 2.19. The van der Waals surface area contributed by atoms with Gasteiger partial charge in [-0.05, 0) is 12.1 Å². The van der Waals surface area contributed by atoms with E-state index in [2.05, 4.69) is 10.3 Å². The van der Waals surface area contributed by atoms with Gasteiger partial charge in [0.05, 0.1) is 25.4 Å². The molecular formula is C12H13FN4O2. The second kappa shape index (κ2) is 5.57. The van der Waals surface area contributed by atoms with Crippen LogP contribution in [-0.2, 0) is 6.54 Å². The van der Waals surface area contributed by atoms with Crippen molar-refractivity contribution in [2.24, 2.45) is 5.73 Å². The molecule has 1 heterocycles. The topological polar surface area (TPSA) is 83.0 Å². The molecule has 0 aliphatic carbocycles. The van der Waals surface area contributed by atoms with Gasteiger partial charge in [-0.3, -0.25) is 9.48 Å². The van der Waals surface area contributed by atoms with Crippen molar-refractivity contribution in [2.75, 3.05) is 13.7 Å². The Balaban J connectivity index is 2.33. The molecule has 6 nitrogen and oxygen atoms in total. The number of methoxy groups -OCH3 is 1. The van der Waals surface area contributed by atoms with Crippen molar-refractivity contribution in [2.45, 2.75) is 6.54 Å². The van der Waals surface area contributed by atoms with Gasteiger partial charge >= 0.3 is 0 Å². The van der Waals surface area contributed by atoms with E-state index in [1.165, 1.54) is 30.1 Å². The van der Waals surface area contributed by atoms with E-state index in [0.29, 0.717) is 13.1 Å². The maximum atomic E-state index is 13.9. The quantitative estimate of drug-likeness (QED) is 0.800. The van der Waals surface area contributed by atoms with Crippen LogP contribution in [-0.4, -0.2) is 34.4 Å². The van der Waals surface area contributed by atoms with E-state index < -0.39 is 11.6 Å². The van der Waals surface area contributed by atoms with Gasteiger partial charge in [0, 0.05) is 6.54 Å². The van der Waals surface area contributed by atoms with E-state index >= 15 is 0 Å². The predicted molar refractivity (Wildman–Crippen MR) is 65.5 cm³/mol. The van der Waals surface area contributed by atoms with Crippen molar-refractivity contribution in [3.05, 3.63) is 41.5 Å². The largest absolute Gasteiger partial charge is 0.494 e. The van der Waals surface area contributed by atoms with Gasteiger partial charge in [0.1, 0.15) is 0 Å². The number of ether oxygens (including phenoxy) is 1. The van der Waals surface area contributed by atoms with Gasteiger partial charge < -0.3 is 10.5 Å². The Morgan fingerprint density at radius 1 is 1.53 bits per heavy atom. The van der Waals surface area contributed by atoms with E-state index in [1.54, 1.807) is 6.07 Å². The summed E-state index contributed by atoms with van der Waals surface area (Å²) < 4.78 is 20.2. The molecule has 0 aliphatic rings. The van der Waals surface area contributed by atoms with E-state index in [9.17, 15) is 9.18 Å². The zero-order chi connectivity index (χ0) is 13.8. The summed E-state index contributed by atoms with van der Waals surface area (Å²) in [4.78, 5) is 12.1. The molecular weight excluding hydrogens is 251 g/mol. The molecule has 0 amide bonds. The lowest BCUT2D eigenvalue weighted by Crippen LogP contribution is -2.10. The molecule has 0 saturated carbocycles. The summed E-state index contributed by atoms with van der Waals surface area (Å²) in [5.41, 5.74) is 5.34. The summed E-state index contributed by atoms with van der Waals surface area (Å²) in [5, 5.41) is 7.44. The molecule has 0 aliphatic heterocycles. The third-order valence-corrected chi connectivity index (χ3v) is 2.56. The van der Waals surface area contributed by atoms with Crippen molar-refractivity contribution < 1.29 is 13.9 Å². The fourth-order valence-electron chi connectivity index (χ4n) is 1.63. The first-order valence-electron chi connectivity index (χ1n) is 5.64. The zero-order valence-electron chi connectivity index (χ0n) is 10.3. The molecule has 0 spiro atoms. The lowest BCUT2D eigenvalue weighted by atomic mass is 10.1. The number of carbonyl (C=O) groups excluding carboxylic acids is 1. The SMILES string of the molecule is COc1cccc(C(=O)c2cn(CCN)nn2)c1F. The third kappa shape index (κ3) is 2.60. The number of hydrogen-bond donors (Lipinski definition) is 1. The molecule has 2 aromatic rings. The predicted octanol–water partition coefficient (Wildman–Crippen LogP) is 0.615. The van der Waals surface area contributed by atoms with E-state index in [1.807, 2.05) is 0 Å². The zero-order valence-corrected chi connectivity index (χ0v) is 10.3. The molecule has 0 saturated heterocycles. The molecule has 0 unspecified atom stereocenters. The first-order valence-corrected chi connectivity index (χ1v) is 5.64. The standard InChI is InChI=1S/C12H13FN4O2/c1-19-10-4-2-3-8(11(10)13)12(18)9-7-17(6-5-14)16-15-9/h2-4,7H,5-6,14H2,1H3. The monoisotopic (exact) mass is 264 g/mol. The summed E-state index contributed by atoms with van der Waals surface area (Å²) in [6.07, 6.45) is 1.44. The lowest BCUT2D eigenvalue weighted by molar-refractivity contribution is 0.102. The average molecular weight is 264 g/mol. The first kappa shape index (κ1) is 13.2. The van der Waals surface area contributed by atoms with Crippen molar-refractivity contribution in [1.29, 1.82) is 0 Å². The Hall–Kier alpha value is -2.28. The Morgan fingerprint density at radius 3 is 3.00 bits per heavy atom. The maximum Gasteiger partial charge on any atom is 0.217 e. The van der Waals surface area contributed by atoms with Gasteiger partial charge in [-0.1, -0.05) is 11.3 Å². The van der Waals surface area contributed by atoms with Crippen LogP contribution in [0.1, 0.15) is 16.1 Å². The second-order valence-corrected chi connectivity index (χ2v) is 3.81. The maximum absolute atomic E-state index is 13.9. The molecule has 2 N–H and O–H groups in total. The van der Waals surface area contributed by atoms with Crippen LogP contribution in [0.3, 0.4) is 0 Å². The van der Waals surface area contributed by atoms with Crippen molar-refractivity contribution in [1.82, 2.24) is 15.0 Å². The molecule has 100 valence electrons. The van der Waals surface area contributed by atoms with Crippen LogP contribution in [0.25, 0.3) is 0 Å². The van der Waals surface area contributed by atoms with E-state index in [-0.39, 0.29) is 17.0 Å². The van der Waals surface area contributed by atoms with Gasteiger partial charge in [0.15, 0.2) is 17.3 Å². The molecule has 0 radical (unpaired) electrons. The number of benzene rings is 1. The number of aromatic nitrogens is 3. The Morgan fingerprint density at radius 2 is 2.32 bits per heavy atom. The molecule has 2 rings (SSSR count). The summed E-state index contributed by atoms with van der Waals surface area (Å²) in [6, 6.07) is 4.36. The van der Waals surface area contributed by atoms with Crippen LogP contribution in [0, 0.1) is 5.82 Å². The van der Waals surface area contributed by atoms with Crippen LogP contribution in [0.15, 0.2) is 24.4 Å². The van der Waals surface area contributed by atoms with E-state index in [0.717, 1.165) is 0 Å². The van der Waals surface area contributed by atoms with Gasteiger partial charge in [0.2, 0.25) is 5.78 Å². The Labute approximate surface area is 109 Å². The number of ketones is 1. The summed E-state index contributed by atoms with van der Waals surface area (Å²) in [7, 11) is 1.34. The lowest BCUT2D eigenvalue weighted by Gasteiger charge is -2.04. The normalized spacial score (nSPS) is 10.5. The molecule has 1 aromatic carbocycles. The number of nitrogens with two attached hydrogens (primary N) is 1. The number of carbonyl (C=O) groups is 1. The highest BCUT2D eigenvalue weighted by Crippen LogP contribution is 2.21. The van der Waals surface area contributed by atoms with Crippen molar-refractivity contribution >= 4 is 5.78 Å².